The molecule has 0 amide bonds. The van der Waals surface area contributed by atoms with Crippen molar-refractivity contribution in [3.63, 3.8) is 0 Å². The predicted molar refractivity (Wildman–Crippen MR) is 136 cm³/mol. The third kappa shape index (κ3) is 5.37. The molecule has 2 saturated heterocycles. The quantitative estimate of drug-likeness (QED) is 0.500. The van der Waals surface area contributed by atoms with Crippen molar-refractivity contribution < 1.29 is 0 Å². The van der Waals surface area contributed by atoms with Crippen molar-refractivity contribution >= 4 is 17.2 Å². The minimum atomic E-state index is -0.122. The van der Waals surface area contributed by atoms with Crippen molar-refractivity contribution in [2.24, 2.45) is 0 Å². The SMILES string of the molecule is CC(C)(C)P(CC1=C(C(P)(C2CCCCN2)C2CCCCN2)CC=C1)C(C)(C)C. The summed E-state index contributed by atoms with van der Waals surface area (Å²) in [5.74, 6) is 0. The van der Waals surface area contributed by atoms with Crippen LogP contribution >= 0.6 is 17.2 Å². The Labute approximate surface area is 184 Å². The molecule has 2 fully saturated rings. The molecule has 4 heteroatoms. The number of hydrogen-bond acceptors (Lipinski definition) is 2. The Kier molecular flexibility index (Phi) is 7.75. The van der Waals surface area contributed by atoms with Crippen LogP contribution in [0.2, 0.25) is 0 Å². The summed E-state index contributed by atoms with van der Waals surface area (Å²) in [6.45, 7) is 17.1. The molecular formula is C25H46N2P2. The van der Waals surface area contributed by atoms with Gasteiger partial charge in [0, 0.05) is 17.2 Å². The van der Waals surface area contributed by atoms with Gasteiger partial charge in [-0.05, 0) is 72.8 Å². The number of allylic oxidation sites excluding steroid dienone is 3. The lowest BCUT2D eigenvalue weighted by molar-refractivity contribution is 0.259. The molecule has 3 rings (SSSR count). The predicted octanol–water partition coefficient (Wildman–Crippen LogP) is 6.22. The molecule has 1 aliphatic carbocycles. The molecule has 0 spiro atoms. The molecule has 0 aromatic carbocycles. The first-order chi connectivity index (χ1) is 13.5. The molecule has 0 saturated carbocycles. The average molecular weight is 437 g/mol. The van der Waals surface area contributed by atoms with Gasteiger partial charge in [-0.15, -0.1) is 9.24 Å². The van der Waals surface area contributed by atoms with Gasteiger partial charge in [0.2, 0.25) is 0 Å². The Hall–Kier alpha value is 0.260. The Morgan fingerprint density at radius 3 is 1.83 bits per heavy atom. The zero-order valence-corrected chi connectivity index (χ0v) is 22.0. The molecule has 2 heterocycles. The monoisotopic (exact) mass is 436 g/mol. The molecule has 2 N–H and O–H groups in total. The Bertz CT molecular complexity index is 580. The fourth-order valence-corrected chi connectivity index (χ4v) is 10.5. The number of rotatable bonds is 5. The number of hydrogen-bond donors (Lipinski definition) is 2. The van der Waals surface area contributed by atoms with E-state index in [-0.39, 0.29) is 13.1 Å². The molecule has 0 aromatic rings. The van der Waals surface area contributed by atoms with Crippen molar-refractivity contribution in [3.05, 3.63) is 23.3 Å². The second-order valence-electron chi connectivity index (χ2n) is 11.5. The van der Waals surface area contributed by atoms with Crippen LogP contribution in [0, 0.1) is 0 Å². The van der Waals surface area contributed by atoms with E-state index in [1.54, 1.807) is 11.1 Å². The van der Waals surface area contributed by atoms with E-state index >= 15 is 0 Å². The van der Waals surface area contributed by atoms with Crippen LogP contribution in [0.4, 0.5) is 0 Å². The molecular weight excluding hydrogens is 390 g/mol. The van der Waals surface area contributed by atoms with Crippen LogP contribution in [0.3, 0.4) is 0 Å². The molecule has 2 nitrogen and oxygen atoms in total. The van der Waals surface area contributed by atoms with E-state index in [2.05, 4.69) is 73.6 Å². The maximum atomic E-state index is 3.95. The normalized spacial score (nSPS) is 28.8. The standard InChI is InChI=1S/C25H46N2P2/c1-23(2,3)29(24(4,5)6)18-19-12-11-13-20(19)25(28,21-14-7-9-16-26-21)22-15-8-10-17-27-22/h11-12,21-22,26-27H,7-10,13-18,28H2,1-6H3. The van der Waals surface area contributed by atoms with Gasteiger partial charge >= 0.3 is 0 Å². The van der Waals surface area contributed by atoms with Crippen LogP contribution in [0.25, 0.3) is 0 Å². The summed E-state index contributed by atoms with van der Waals surface area (Å²) >= 11 is 0. The lowest BCUT2D eigenvalue weighted by Gasteiger charge is -2.49. The fourth-order valence-electron chi connectivity index (χ4n) is 5.99. The molecule has 0 radical (unpaired) electrons. The van der Waals surface area contributed by atoms with Crippen LogP contribution < -0.4 is 10.6 Å². The molecule has 2 aliphatic heterocycles. The summed E-state index contributed by atoms with van der Waals surface area (Å²) in [5, 5.41) is 8.80. The molecule has 29 heavy (non-hydrogen) atoms. The Balaban J connectivity index is 1.98. The zero-order chi connectivity index (χ0) is 21.3. The smallest absolute Gasteiger partial charge is 0.0370 e. The molecule has 3 aliphatic rings. The third-order valence-electron chi connectivity index (χ3n) is 7.27. The number of piperidine rings is 2. The summed E-state index contributed by atoms with van der Waals surface area (Å²) in [6, 6.07) is 1.16. The number of nitrogens with one attached hydrogen (secondary N) is 2. The highest BCUT2D eigenvalue weighted by Crippen LogP contribution is 2.61. The Morgan fingerprint density at radius 2 is 1.41 bits per heavy atom. The van der Waals surface area contributed by atoms with Crippen LogP contribution in [0.1, 0.15) is 86.5 Å². The fraction of sp³-hybridized carbons (Fsp3) is 0.840. The molecule has 0 bridgehead atoms. The summed E-state index contributed by atoms with van der Waals surface area (Å²) in [5.41, 5.74) is 3.39. The van der Waals surface area contributed by atoms with E-state index in [4.69, 9.17) is 0 Å². The van der Waals surface area contributed by atoms with Gasteiger partial charge in [-0.3, -0.25) is 0 Å². The van der Waals surface area contributed by atoms with E-state index in [1.807, 2.05) is 0 Å². The van der Waals surface area contributed by atoms with Gasteiger partial charge in [0.05, 0.1) is 0 Å². The van der Waals surface area contributed by atoms with Gasteiger partial charge in [0.25, 0.3) is 0 Å². The van der Waals surface area contributed by atoms with Gasteiger partial charge in [-0.2, -0.15) is 0 Å². The third-order valence-corrected chi connectivity index (χ3v) is 12.3. The van der Waals surface area contributed by atoms with Gasteiger partial charge in [0.1, 0.15) is 0 Å². The van der Waals surface area contributed by atoms with Gasteiger partial charge < -0.3 is 10.6 Å². The average Bonchev–Trinajstić information content (AvgIpc) is 3.14. The topological polar surface area (TPSA) is 24.1 Å². The lowest BCUT2D eigenvalue weighted by Crippen LogP contribution is -2.61. The van der Waals surface area contributed by atoms with Crippen molar-refractivity contribution in [1.29, 1.82) is 0 Å². The minimum Gasteiger partial charge on any atom is -0.313 e. The van der Waals surface area contributed by atoms with Crippen LogP contribution in [0.5, 0.6) is 0 Å². The molecule has 166 valence electrons. The first-order valence-corrected chi connectivity index (χ1v) is 14.1. The summed E-state index contributed by atoms with van der Waals surface area (Å²) in [7, 11) is 3.31. The second-order valence-corrected chi connectivity index (χ2v) is 16.3. The van der Waals surface area contributed by atoms with Crippen LogP contribution in [-0.4, -0.2) is 46.8 Å². The summed E-state index contributed by atoms with van der Waals surface area (Å²) in [6.07, 6.45) is 15.4. The van der Waals surface area contributed by atoms with Crippen molar-refractivity contribution in [3.8, 4) is 0 Å². The van der Waals surface area contributed by atoms with Gasteiger partial charge in [-0.1, -0.05) is 74.5 Å². The van der Waals surface area contributed by atoms with E-state index in [0.717, 1.165) is 6.42 Å². The van der Waals surface area contributed by atoms with E-state index in [0.29, 0.717) is 22.4 Å². The largest absolute Gasteiger partial charge is 0.313 e. The first-order valence-electron chi connectivity index (χ1n) is 12.0. The highest BCUT2D eigenvalue weighted by Gasteiger charge is 2.47. The van der Waals surface area contributed by atoms with Gasteiger partial charge in [-0.25, -0.2) is 0 Å². The zero-order valence-electron chi connectivity index (χ0n) is 19.9. The minimum absolute atomic E-state index is 0.122. The second kappa shape index (κ2) is 9.40. The van der Waals surface area contributed by atoms with E-state index in [9.17, 15) is 0 Å². The maximum absolute atomic E-state index is 3.95. The Morgan fingerprint density at radius 1 is 0.897 bits per heavy atom. The van der Waals surface area contributed by atoms with Crippen molar-refractivity contribution in [2.45, 2.75) is 114 Å². The van der Waals surface area contributed by atoms with Gasteiger partial charge in [0.15, 0.2) is 0 Å². The van der Waals surface area contributed by atoms with E-state index in [1.165, 1.54) is 57.8 Å². The molecule has 3 atom stereocenters. The summed E-state index contributed by atoms with van der Waals surface area (Å²) in [4.78, 5) is 0. The highest BCUT2D eigenvalue weighted by molar-refractivity contribution is 7.61. The highest BCUT2D eigenvalue weighted by atomic mass is 31.1. The van der Waals surface area contributed by atoms with Crippen LogP contribution in [-0.2, 0) is 0 Å². The molecule has 0 aromatic heterocycles. The van der Waals surface area contributed by atoms with Crippen molar-refractivity contribution in [2.75, 3.05) is 19.3 Å². The van der Waals surface area contributed by atoms with Crippen LogP contribution in [0.15, 0.2) is 23.3 Å². The maximum Gasteiger partial charge on any atom is 0.0370 e. The van der Waals surface area contributed by atoms with Crippen molar-refractivity contribution in [1.82, 2.24) is 10.6 Å². The molecule has 3 unspecified atom stereocenters. The van der Waals surface area contributed by atoms with E-state index < -0.39 is 0 Å². The lowest BCUT2D eigenvalue weighted by atomic mass is 9.75. The summed E-state index contributed by atoms with van der Waals surface area (Å²) < 4.78 is 0. The first kappa shape index (κ1) is 23.9.